The van der Waals surface area contributed by atoms with Gasteiger partial charge in [0, 0.05) is 57.6 Å². The fourth-order valence-corrected chi connectivity index (χ4v) is 9.26. The highest BCUT2D eigenvalue weighted by atomic mass is 32.1. The van der Waals surface area contributed by atoms with Crippen LogP contribution in [0.1, 0.15) is 57.2 Å². The maximum Gasteiger partial charge on any atom is 0.419 e. The van der Waals surface area contributed by atoms with Crippen molar-refractivity contribution < 1.29 is 50.3 Å². The first-order chi connectivity index (χ1) is 29.2. The Balaban J connectivity index is 0.910. The van der Waals surface area contributed by atoms with E-state index in [1.165, 1.54) is 15.7 Å². The van der Waals surface area contributed by atoms with E-state index in [4.69, 9.17) is 22.2 Å². The number of ether oxygens (including phenoxy) is 1. The number of pyridine rings is 1. The largest absolute Gasteiger partial charge is 0.419 e. The fraction of sp³-hybridized carbons (Fsp3) is 0.538. The third-order valence-corrected chi connectivity index (χ3v) is 12.1. The van der Waals surface area contributed by atoms with Gasteiger partial charge < -0.3 is 15.0 Å². The van der Waals surface area contributed by atoms with Crippen molar-refractivity contribution in [3.8, 4) is 6.07 Å². The summed E-state index contributed by atoms with van der Waals surface area (Å²) >= 11 is 5.66. The van der Waals surface area contributed by atoms with E-state index >= 15 is 0 Å². The molecule has 16 nitrogen and oxygen atoms in total. The minimum absolute atomic E-state index is 0.0182. The second kappa shape index (κ2) is 17.0. The van der Waals surface area contributed by atoms with E-state index in [0.717, 1.165) is 16.0 Å². The standard InChI is InChI=1S/C39H43F6N11O5S/c1-37(2)34(59)55(23-17-26(38(40,41)42)28(18-46)47-19-23)36(62)56(37)22-7-9-24(10-8-22)61-16-15-52-13-14-53(29(20-52)39(43,44)45)21-31(58)48-27-6-4-5-25-32(27)51(3)50-33(25)54-12-11-30(57)49-35(54)60/h4-6,17,19,22,24,29H,7-16,20-21H2,1-3H3,(H,48,58)(H,49,57,60). The van der Waals surface area contributed by atoms with Gasteiger partial charge >= 0.3 is 18.4 Å². The molecule has 5 amide bonds. The van der Waals surface area contributed by atoms with Gasteiger partial charge in [-0.05, 0) is 69.9 Å². The molecule has 5 heterocycles. The number of alkyl halides is 6. The molecule has 23 heteroatoms. The van der Waals surface area contributed by atoms with Gasteiger partial charge in [0.25, 0.3) is 5.91 Å². The van der Waals surface area contributed by atoms with Crippen LogP contribution in [-0.4, -0.2) is 134 Å². The Bertz CT molecular complexity index is 2320. The van der Waals surface area contributed by atoms with Gasteiger partial charge in [0.1, 0.15) is 17.6 Å². The predicted molar refractivity (Wildman–Crippen MR) is 215 cm³/mol. The van der Waals surface area contributed by atoms with E-state index in [1.54, 1.807) is 48.9 Å². The van der Waals surface area contributed by atoms with E-state index in [1.807, 2.05) is 0 Å². The molecule has 4 aliphatic rings. The van der Waals surface area contributed by atoms with E-state index in [2.05, 4.69) is 20.7 Å². The normalized spacial score (nSPS) is 23.0. The summed E-state index contributed by atoms with van der Waals surface area (Å²) < 4.78 is 92.0. The number of imide groups is 1. The molecule has 2 N–H and O–H groups in total. The van der Waals surface area contributed by atoms with Gasteiger partial charge in [0.05, 0.1) is 47.9 Å². The van der Waals surface area contributed by atoms with Crippen LogP contribution in [0.4, 0.5) is 48.3 Å². The van der Waals surface area contributed by atoms with Crippen LogP contribution in [0.3, 0.4) is 0 Å². The van der Waals surface area contributed by atoms with Gasteiger partial charge in [-0.15, -0.1) is 0 Å². The minimum Gasteiger partial charge on any atom is -0.377 e. The molecule has 4 fully saturated rings. The van der Waals surface area contributed by atoms with Gasteiger partial charge in [-0.25, -0.2) is 9.78 Å². The van der Waals surface area contributed by atoms with E-state index in [-0.39, 0.29) is 74.5 Å². The molecular weight excluding hydrogens is 849 g/mol. The van der Waals surface area contributed by atoms with Crippen molar-refractivity contribution in [2.24, 2.45) is 7.05 Å². The molecule has 3 aromatic rings. The fourth-order valence-electron chi connectivity index (χ4n) is 8.69. The number of carbonyl (C=O) groups excluding carboxylic acids is 4. The summed E-state index contributed by atoms with van der Waals surface area (Å²) in [4.78, 5) is 61.5. The number of para-hydroxylation sites is 1. The summed E-state index contributed by atoms with van der Waals surface area (Å²) in [5.74, 6) is -1.35. The van der Waals surface area contributed by atoms with E-state index < -0.39 is 65.5 Å². The molecule has 1 saturated carbocycles. The zero-order valence-electron chi connectivity index (χ0n) is 33.8. The number of rotatable bonds is 10. The van der Waals surface area contributed by atoms with Gasteiger partial charge in [0.2, 0.25) is 11.8 Å². The topological polar surface area (TPSA) is 172 Å². The molecule has 332 valence electrons. The van der Waals surface area contributed by atoms with Crippen LogP contribution in [0.25, 0.3) is 10.9 Å². The van der Waals surface area contributed by atoms with E-state index in [0.29, 0.717) is 48.3 Å². The highest BCUT2D eigenvalue weighted by Gasteiger charge is 2.53. The molecule has 1 atom stereocenters. The number of benzene rings is 1. The highest BCUT2D eigenvalue weighted by Crippen LogP contribution is 2.40. The molecular formula is C39H43F6N11O5S. The van der Waals surface area contributed by atoms with Crippen molar-refractivity contribution in [3.05, 3.63) is 41.7 Å². The third-order valence-electron chi connectivity index (χ3n) is 11.8. The Morgan fingerprint density at radius 3 is 2.47 bits per heavy atom. The van der Waals surface area contributed by atoms with Gasteiger partial charge in [-0.2, -0.15) is 36.7 Å². The Labute approximate surface area is 356 Å². The number of piperazine rings is 1. The zero-order chi connectivity index (χ0) is 44.9. The summed E-state index contributed by atoms with van der Waals surface area (Å²) in [6.07, 6.45) is -6.51. The number of thiocarbonyl (C=S) groups is 1. The first-order valence-electron chi connectivity index (χ1n) is 19.9. The lowest BCUT2D eigenvalue weighted by molar-refractivity contribution is -0.197. The second-order valence-corrected chi connectivity index (χ2v) is 16.5. The summed E-state index contributed by atoms with van der Waals surface area (Å²) in [7, 11) is 1.60. The van der Waals surface area contributed by atoms with E-state index in [9.17, 15) is 45.5 Å². The molecule has 1 aliphatic carbocycles. The average Bonchev–Trinajstić information content (AvgIpc) is 3.63. The number of carbonyl (C=O) groups is 4. The summed E-state index contributed by atoms with van der Waals surface area (Å²) in [6, 6.07) is 4.21. The SMILES string of the molecule is Cn1nc(N2CCC(=O)NC2=O)c2cccc(NC(=O)CN3CCN(CCOC4CCC(N5C(=S)N(c6cnc(C#N)c(C(F)(F)F)c6)C(=O)C5(C)C)CC4)CC3C(F)(F)F)c21. The number of hydrogen-bond acceptors (Lipinski definition) is 11. The van der Waals surface area contributed by atoms with Crippen LogP contribution >= 0.6 is 12.2 Å². The lowest BCUT2D eigenvalue weighted by Crippen LogP contribution is -2.60. The van der Waals surface area contributed by atoms with Crippen molar-refractivity contribution in [2.75, 3.05) is 61.0 Å². The van der Waals surface area contributed by atoms with Crippen LogP contribution in [-0.2, 0) is 32.3 Å². The smallest absolute Gasteiger partial charge is 0.377 e. The molecule has 3 aliphatic heterocycles. The lowest BCUT2D eigenvalue weighted by atomic mass is 9.89. The number of nitriles is 1. The van der Waals surface area contributed by atoms with Crippen LogP contribution in [0.5, 0.6) is 0 Å². The molecule has 62 heavy (non-hydrogen) atoms. The lowest BCUT2D eigenvalue weighted by Gasteiger charge is -2.42. The number of amides is 5. The van der Waals surface area contributed by atoms with Crippen molar-refractivity contribution >= 4 is 69.2 Å². The quantitative estimate of drug-likeness (QED) is 0.216. The monoisotopic (exact) mass is 891 g/mol. The number of anilines is 3. The van der Waals surface area contributed by atoms with Crippen molar-refractivity contribution in [2.45, 2.75) is 82.0 Å². The van der Waals surface area contributed by atoms with Gasteiger partial charge in [-0.3, -0.25) is 44.0 Å². The van der Waals surface area contributed by atoms with Crippen molar-refractivity contribution in [1.82, 2.24) is 34.8 Å². The Hall–Kier alpha value is -5.44. The number of hydrogen-bond donors (Lipinski definition) is 2. The molecule has 0 bridgehead atoms. The zero-order valence-corrected chi connectivity index (χ0v) is 34.7. The maximum absolute atomic E-state index is 14.4. The van der Waals surface area contributed by atoms with Crippen LogP contribution in [0.15, 0.2) is 30.5 Å². The average molecular weight is 892 g/mol. The Morgan fingerprint density at radius 2 is 1.81 bits per heavy atom. The number of aromatic nitrogens is 3. The van der Waals surface area contributed by atoms with Crippen LogP contribution < -0.4 is 20.4 Å². The van der Waals surface area contributed by atoms with Crippen LogP contribution in [0.2, 0.25) is 0 Å². The Kier molecular flexibility index (Phi) is 12.3. The molecule has 2 aromatic heterocycles. The first-order valence-corrected chi connectivity index (χ1v) is 20.3. The first kappa shape index (κ1) is 44.6. The molecule has 0 spiro atoms. The summed E-state index contributed by atoms with van der Waals surface area (Å²) in [6.45, 7) is 3.05. The minimum atomic E-state index is -4.88. The van der Waals surface area contributed by atoms with Gasteiger partial charge in [-0.1, -0.05) is 6.07 Å². The molecule has 1 unspecified atom stereocenters. The van der Waals surface area contributed by atoms with Gasteiger partial charge in [0.15, 0.2) is 16.6 Å². The molecule has 0 radical (unpaired) electrons. The third kappa shape index (κ3) is 8.77. The summed E-state index contributed by atoms with van der Waals surface area (Å²) in [5.41, 5.74) is -2.76. The number of urea groups is 1. The van der Waals surface area contributed by atoms with Crippen LogP contribution in [0, 0.1) is 11.3 Å². The summed E-state index contributed by atoms with van der Waals surface area (Å²) in [5, 5.41) is 19.1. The number of nitrogens with one attached hydrogen (secondary N) is 2. The number of aryl methyl sites for hydroxylation is 1. The number of halogens is 6. The molecule has 3 saturated heterocycles. The predicted octanol–water partition coefficient (Wildman–Crippen LogP) is 4.53. The second-order valence-electron chi connectivity index (χ2n) is 16.1. The number of nitrogens with zero attached hydrogens (tertiary/aromatic N) is 9. The number of fused-ring (bicyclic) bond motifs is 1. The molecule has 1 aromatic carbocycles. The maximum atomic E-state index is 14.4. The Morgan fingerprint density at radius 1 is 1.08 bits per heavy atom. The van der Waals surface area contributed by atoms with Crippen molar-refractivity contribution in [3.63, 3.8) is 0 Å². The van der Waals surface area contributed by atoms with Crippen molar-refractivity contribution in [1.29, 1.82) is 5.26 Å². The highest BCUT2D eigenvalue weighted by molar-refractivity contribution is 7.80. The molecule has 7 rings (SSSR count).